The number of carbonyl (C=O) groups excluding carboxylic acids is 3. The van der Waals surface area contributed by atoms with Crippen LogP contribution in [0.4, 0.5) is 4.79 Å². The number of halogens is 1. The second-order valence-electron chi connectivity index (χ2n) is 7.96. The molecule has 0 spiro atoms. The van der Waals surface area contributed by atoms with E-state index in [0.29, 0.717) is 27.6 Å². The zero-order chi connectivity index (χ0) is 28.4. The molecule has 3 amide bonds. The van der Waals surface area contributed by atoms with Crippen molar-refractivity contribution in [2.75, 3.05) is 26.9 Å². The normalized spacial score (nSPS) is 14.6. The van der Waals surface area contributed by atoms with E-state index in [1.165, 1.54) is 13.3 Å². The lowest BCUT2D eigenvalue weighted by Gasteiger charge is -2.28. The fourth-order valence-electron chi connectivity index (χ4n) is 3.63. The molecule has 2 aromatic carbocycles. The number of rotatable bonds is 11. The van der Waals surface area contributed by atoms with Gasteiger partial charge in [-0.05, 0) is 49.7 Å². The molecular weight excluding hydrogens is 528 g/mol. The van der Waals surface area contributed by atoms with Crippen LogP contribution in [0.5, 0.6) is 17.2 Å². The van der Waals surface area contributed by atoms with Crippen LogP contribution in [0.2, 0.25) is 5.02 Å². The number of nitrogens with zero attached hydrogens (tertiary/aromatic N) is 1. The van der Waals surface area contributed by atoms with E-state index >= 15 is 0 Å². The molecule has 0 bridgehead atoms. The summed E-state index contributed by atoms with van der Waals surface area (Å²) in [5.41, 5.74) is 4.07. The van der Waals surface area contributed by atoms with Crippen LogP contribution in [0.15, 0.2) is 52.8 Å². The van der Waals surface area contributed by atoms with Gasteiger partial charge in [-0.25, -0.2) is 15.0 Å². The largest absolute Gasteiger partial charge is 0.493 e. The molecule has 3 rings (SSSR count). The quantitative estimate of drug-likeness (QED) is 0.168. The Morgan fingerprint density at radius 2 is 1.95 bits per heavy atom. The fourth-order valence-corrected chi connectivity index (χ4v) is 3.81. The Morgan fingerprint density at radius 3 is 2.67 bits per heavy atom. The van der Waals surface area contributed by atoms with Crippen molar-refractivity contribution in [1.82, 2.24) is 16.1 Å². The maximum Gasteiger partial charge on any atom is 0.338 e. The van der Waals surface area contributed by atoms with Crippen molar-refractivity contribution < 1.29 is 33.3 Å². The van der Waals surface area contributed by atoms with Gasteiger partial charge in [0.25, 0.3) is 5.91 Å². The van der Waals surface area contributed by atoms with Crippen molar-refractivity contribution in [3.63, 3.8) is 0 Å². The van der Waals surface area contributed by atoms with Gasteiger partial charge in [0, 0.05) is 16.3 Å². The molecule has 0 fully saturated rings. The predicted octanol–water partition coefficient (Wildman–Crippen LogP) is 3.08. The topological polar surface area (TPSA) is 137 Å². The molecule has 1 heterocycles. The molecule has 1 aliphatic heterocycles. The van der Waals surface area contributed by atoms with Gasteiger partial charge < -0.3 is 29.6 Å². The molecule has 0 radical (unpaired) electrons. The molecule has 11 nitrogen and oxygen atoms in total. The third-order valence-electron chi connectivity index (χ3n) is 5.32. The second-order valence-corrected chi connectivity index (χ2v) is 8.39. The Bertz CT molecular complexity index is 1350. The molecule has 0 saturated carbocycles. The standard InChI is InChI=1S/C27H27ClN4O7/c1-5-11-38-20-10-8-19(28)12-18(20)14-29-32-23(33)15-39-21-9-7-17(13-22(21)36-4)25-24(26(34)37-6-2)16(3)30-27(35)31-25/h1,7-10,12-14,25H,6,11,15H2,2-4H3,(H,32,33)(H2,30,31,35)/b29-14+/t25-/m1/s1. The van der Waals surface area contributed by atoms with Crippen molar-refractivity contribution in [3.8, 4) is 29.6 Å². The number of methoxy groups -OCH3 is 1. The third kappa shape index (κ3) is 7.66. The van der Waals surface area contributed by atoms with Crippen molar-refractivity contribution in [1.29, 1.82) is 0 Å². The van der Waals surface area contributed by atoms with E-state index in [-0.39, 0.29) is 36.9 Å². The zero-order valence-corrected chi connectivity index (χ0v) is 22.3. The van der Waals surface area contributed by atoms with E-state index < -0.39 is 23.9 Å². The molecule has 3 N–H and O–H groups in total. The molecule has 12 heteroatoms. The first-order chi connectivity index (χ1) is 18.8. The lowest BCUT2D eigenvalue weighted by Crippen LogP contribution is -2.45. The van der Waals surface area contributed by atoms with E-state index in [9.17, 15) is 14.4 Å². The Labute approximate surface area is 230 Å². The highest BCUT2D eigenvalue weighted by Gasteiger charge is 2.32. The van der Waals surface area contributed by atoms with Crippen molar-refractivity contribution in [3.05, 3.63) is 63.8 Å². The number of ether oxygens (including phenoxy) is 4. The lowest BCUT2D eigenvalue weighted by atomic mass is 9.95. The first-order valence-corrected chi connectivity index (χ1v) is 12.1. The third-order valence-corrected chi connectivity index (χ3v) is 5.56. The number of hydrogen-bond acceptors (Lipinski definition) is 8. The van der Waals surface area contributed by atoms with E-state index in [2.05, 4.69) is 27.1 Å². The van der Waals surface area contributed by atoms with Gasteiger partial charge in [0.15, 0.2) is 18.1 Å². The lowest BCUT2D eigenvalue weighted by molar-refractivity contribution is -0.139. The molecule has 1 atom stereocenters. The molecule has 1 aliphatic rings. The predicted molar refractivity (Wildman–Crippen MR) is 144 cm³/mol. The number of terminal acetylenes is 1. The molecule has 39 heavy (non-hydrogen) atoms. The van der Waals surface area contributed by atoms with Crippen LogP contribution in [0.1, 0.15) is 31.0 Å². The van der Waals surface area contributed by atoms with Crippen LogP contribution in [-0.4, -0.2) is 51.1 Å². The first-order valence-electron chi connectivity index (χ1n) is 11.7. The summed E-state index contributed by atoms with van der Waals surface area (Å²) in [5.74, 6) is 2.27. The number of esters is 1. The number of hydrazone groups is 1. The van der Waals surface area contributed by atoms with Crippen molar-refractivity contribution in [2.24, 2.45) is 5.10 Å². The van der Waals surface area contributed by atoms with Crippen LogP contribution in [0.25, 0.3) is 0 Å². The zero-order valence-electron chi connectivity index (χ0n) is 21.5. The van der Waals surface area contributed by atoms with Crippen LogP contribution in [0, 0.1) is 12.3 Å². The Morgan fingerprint density at radius 1 is 1.18 bits per heavy atom. The monoisotopic (exact) mass is 554 g/mol. The summed E-state index contributed by atoms with van der Waals surface area (Å²) in [6.07, 6.45) is 6.60. The van der Waals surface area contributed by atoms with Gasteiger partial charge in [0.2, 0.25) is 0 Å². The summed E-state index contributed by atoms with van der Waals surface area (Å²) in [5, 5.41) is 9.67. The average molecular weight is 555 g/mol. The highest BCUT2D eigenvalue weighted by Crippen LogP contribution is 2.34. The maximum atomic E-state index is 12.6. The van der Waals surface area contributed by atoms with Gasteiger partial charge in [-0.15, -0.1) is 6.42 Å². The molecule has 0 aliphatic carbocycles. The molecule has 2 aromatic rings. The molecule has 0 unspecified atom stereocenters. The van der Waals surface area contributed by atoms with Crippen molar-refractivity contribution >= 4 is 35.7 Å². The average Bonchev–Trinajstić information content (AvgIpc) is 2.91. The summed E-state index contributed by atoms with van der Waals surface area (Å²) in [6.45, 7) is 3.18. The van der Waals surface area contributed by atoms with Gasteiger partial charge >= 0.3 is 12.0 Å². The van der Waals surface area contributed by atoms with Gasteiger partial charge in [-0.3, -0.25) is 4.79 Å². The van der Waals surface area contributed by atoms with E-state index in [0.717, 1.165) is 0 Å². The highest BCUT2D eigenvalue weighted by atomic mass is 35.5. The van der Waals surface area contributed by atoms with E-state index in [1.807, 2.05) is 0 Å². The molecule has 0 aromatic heterocycles. The SMILES string of the molecule is C#CCOc1ccc(Cl)cc1/C=N/NC(=O)COc1ccc([C@H]2NC(=O)NC(C)=C2C(=O)OCC)cc1OC. The Balaban J connectivity index is 1.68. The van der Waals surface area contributed by atoms with Crippen LogP contribution < -0.4 is 30.3 Å². The summed E-state index contributed by atoms with van der Waals surface area (Å²) in [4.78, 5) is 37.0. The number of urea groups is 1. The smallest absolute Gasteiger partial charge is 0.338 e. The van der Waals surface area contributed by atoms with E-state index in [4.69, 9.17) is 37.0 Å². The summed E-state index contributed by atoms with van der Waals surface area (Å²) < 4.78 is 21.6. The molecule has 0 saturated heterocycles. The van der Waals surface area contributed by atoms with E-state index in [1.54, 1.807) is 50.2 Å². The maximum absolute atomic E-state index is 12.6. The number of benzene rings is 2. The van der Waals surface area contributed by atoms with Gasteiger partial charge in [0.05, 0.1) is 31.5 Å². The summed E-state index contributed by atoms with van der Waals surface area (Å²) in [6, 6.07) is 8.47. The minimum atomic E-state index is -0.778. The van der Waals surface area contributed by atoms with Gasteiger partial charge in [0.1, 0.15) is 12.4 Å². The van der Waals surface area contributed by atoms with Crippen LogP contribution in [0.3, 0.4) is 0 Å². The van der Waals surface area contributed by atoms with Crippen LogP contribution in [-0.2, 0) is 14.3 Å². The van der Waals surface area contributed by atoms with Crippen molar-refractivity contribution in [2.45, 2.75) is 19.9 Å². The number of carbonyl (C=O) groups is 3. The Kier molecular flexibility index (Phi) is 10.2. The fraction of sp³-hybridized carbons (Fsp3) is 0.259. The van der Waals surface area contributed by atoms with Gasteiger partial charge in [-0.1, -0.05) is 23.6 Å². The minimum Gasteiger partial charge on any atom is -0.493 e. The molecular formula is C27H27ClN4O7. The summed E-state index contributed by atoms with van der Waals surface area (Å²) >= 11 is 6.03. The first kappa shape index (κ1) is 28.9. The number of allylic oxidation sites excluding steroid dienone is 1. The molecule has 204 valence electrons. The highest BCUT2D eigenvalue weighted by molar-refractivity contribution is 6.30. The number of hydrogen-bond donors (Lipinski definition) is 3. The Hall–Kier alpha value is -4.69. The minimum absolute atomic E-state index is 0.0628. The summed E-state index contributed by atoms with van der Waals surface area (Å²) in [7, 11) is 1.43. The number of amides is 3. The van der Waals surface area contributed by atoms with Gasteiger partial charge in [-0.2, -0.15) is 5.10 Å². The van der Waals surface area contributed by atoms with Crippen LogP contribution >= 0.6 is 11.6 Å². The number of nitrogens with one attached hydrogen (secondary N) is 3. The second kappa shape index (κ2) is 13.7.